The van der Waals surface area contributed by atoms with E-state index in [1.807, 2.05) is 0 Å². The highest BCUT2D eigenvalue weighted by molar-refractivity contribution is 5.69. The Morgan fingerprint density at radius 3 is 2.88 bits per heavy atom. The summed E-state index contributed by atoms with van der Waals surface area (Å²) in [7, 11) is 1.41. The molecule has 0 N–H and O–H groups in total. The molecule has 0 amide bonds. The zero-order valence-corrected chi connectivity index (χ0v) is 10.4. The zero-order chi connectivity index (χ0) is 12.1. The van der Waals surface area contributed by atoms with Crippen LogP contribution in [-0.4, -0.2) is 63.0 Å². The topological polar surface area (TPSA) is 48.0 Å². The van der Waals surface area contributed by atoms with Gasteiger partial charge in [-0.15, -0.1) is 0 Å². The van der Waals surface area contributed by atoms with Gasteiger partial charge in [0, 0.05) is 26.2 Å². The van der Waals surface area contributed by atoms with Gasteiger partial charge in [-0.25, -0.2) is 0 Å². The van der Waals surface area contributed by atoms with Gasteiger partial charge >= 0.3 is 5.97 Å². The molecule has 17 heavy (non-hydrogen) atoms. The predicted octanol–water partition coefficient (Wildman–Crippen LogP) is 0.429. The molecule has 0 saturated carbocycles. The van der Waals surface area contributed by atoms with Crippen LogP contribution in [0.2, 0.25) is 0 Å². The van der Waals surface area contributed by atoms with Crippen LogP contribution in [0.25, 0.3) is 0 Å². The van der Waals surface area contributed by atoms with E-state index in [2.05, 4.69) is 9.64 Å². The summed E-state index contributed by atoms with van der Waals surface area (Å²) in [6, 6.07) is 0. The molecule has 2 atom stereocenters. The molecule has 0 aromatic rings. The van der Waals surface area contributed by atoms with E-state index < -0.39 is 0 Å². The fraction of sp³-hybridized carbons (Fsp3) is 0.917. The van der Waals surface area contributed by atoms with Gasteiger partial charge in [0.2, 0.25) is 0 Å². The highest BCUT2D eigenvalue weighted by atomic mass is 16.5. The smallest absolute Gasteiger partial charge is 0.308 e. The molecular weight excluding hydrogens is 222 g/mol. The quantitative estimate of drug-likeness (QED) is 0.670. The summed E-state index contributed by atoms with van der Waals surface area (Å²) in [5, 5.41) is 0. The van der Waals surface area contributed by atoms with Crippen LogP contribution in [0.15, 0.2) is 0 Å². The van der Waals surface area contributed by atoms with Crippen LogP contribution in [0.1, 0.15) is 19.3 Å². The largest absolute Gasteiger partial charge is 0.469 e. The van der Waals surface area contributed by atoms with Crippen LogP contribution in [0.4, 0.5) is 0 Å². The zero-order valence-electron chi connectivity index (χ0n) is 10.4. The van der Waals surface area contributed by atoms with Crippen molar-refractivity contribution in [2.24, 2.45) is 0 Å². The monoisotopic (exact) mass is 243 g/mol. The molecule has 5 heteroatoms. The Labute approximate surface area is 102 Å². The lowest BCUT2D eigenvalue weighted by Crippen LogP contribution is -2.46. The van der Waals surface area contributed by atoms with Gasteiger partial charge in [-0.1, -0.05) is 0 Å². The van der Waals surface area contributed by atoms with Crippen molar-refractivity contribution >= 4 is 5.97 Å². The van der Waals surface area contributed by atoms with Gasteiger partial charge in [0.1, 0.15) is 0 Å². The van der Waals surface area contributed by atoms with E-state index in [0.717, 1.165) is 32.7 Å². The lowest BCUT2D eigenvalue weighted by molar-refractivity contribution is -0.145. The van der Waals surface area contributed by atoms with E-state index >= 15 is 0 Å². The lowest BCUT2D eigenvalue weighted by atomic mass is 10.1. The lowest BCUT2D eigenvalue weighted by Gasteiger charge is -2.33. The standard InChI is InChI=1S/C12H21NO4/c1-15-12(14)7-11-9-13(4-6-17-11)8-10-3-2-5-16-10/h10-11H,2-9H2,1H3. The average Bonchev–Trinajstić information content (AvgIpc) is 2.82. The molecule has 2 heterocycles. The number of nitrogens with zero attached hydrogens (tertiary/aromatic N) is 1. The molecular formula is C12H21NO4. The summed E-state index contributed by atoms with van der Waals surface area (Å²) in [5.41, 5.74) is 0. The van der Waals surface area contributed by atoms with E-state index in [0.29, 0.717) is 19.1 Å². The molecule has 2 aliphatic heterocycles. The van der Waals surface area contributed by atoms with Gasteiger partial charge in [-0.05, 0) is 12.8 Å². The fourth-order valence-electron chi connectivity index (χ4n) is 2.42. The Balaban J connectivity index is 1.73. The molecule has 2 unspecified atom stereocenters. The number of ether oxygens (including phenoxy) is 3. The highest BCUT2D eigenvalue weighted by Gasteiger charge is 2.26. The number of hydrogen-bond donors (Lipinski definition) is 0. The normalized spacial score (nSPS) is 30.4. The van der Waals surface area contributed by atoms with Crippen LogP contribution in [0.5, 0.6) is 0 Å². The SMILES string of the molecule is COC(=O)CC1CN(CC2CCCO2)CCO1. The van der Waals surface area contributed by atoms with E-state index in [1.165, 1.54) is 13.5 Å². The van der Waals surface area contributed by atoms with Crippen molar-refractivity contribution in [3.05, 3.63) is 0 Å². The van der Waals surface area contributed by atoms with Crippen molar-refractivity contribution in [3.63, 3.8) is 0 Å². The van der Waals surface area contributed by atoms with Gasteiger partial charge in [-0.2, -0.15) is 0 Å². The number of carbonyl (C=O) groups is 1. The first kappa shape index (κ1) is 12.8. The number of esters is 1. The van der Waals surface area contributed by atoms with E-state index in [9.17, 15) is 4.79 Å². The van der Waals surface area contributed by atoms with E-state index in [1.54, 1.807) is 0 Å². The molecule has 5 nitrogen and oxygen atoms in total. The number of methoxy groups -OCH3 is 1. The summed E-state index contributed by atoms with van der Waals surface area (Å²) in [6.45, 7) is 4.27. The maximum Gasteiger partial charge on any atom is 0.308 e. The highest BCUT2D eigenvalue weighted by Crippen LogP contribution is 2.16. The van der Waals surface area contributed by atoms with Crippen molar-refractivity contribution in [1.82, 2.24) is 4.90 Å². The van der Waals surface area contributed by atoms with Crippen molar-refractivity contribution in [3.8, 4) is 0 Å². The molecule has 0 radical (unpaired) electrons. The summed E-state index contributed by atoms with van der Waals surface area (Å²) in [5.74, 6) is -0.200. The Morgan fingerprint density at radius 2 is 2.18 bits per heavy atom. The molecule has 2 aliphatic rings. The second-order valence-electron chi connectivity index (χ2n) is 4.67. The van der Waals surface area contributed by atoms with E-state index in [4.69, 9.17) is 9.47 Å². The molecule has 2 rings (SSSR count). The van der Waals surface area contributed by atoms with Gasteiger partial charge < -0.3 is 14.2 Å². The maximum absolute atomic E-state index is 11.2. The van der Waals surface area contributed by atoms with Crippen molar-refractivity contribution < 1.29 is 19.0 Å². The van der Waals surface area contributed by atoms with Crippen LogP contribution in [-0.2, 0) is 19.0 Å². The molecule has 2 saturated heterocycles. The van der Waals surface area contributed by atoms with Crippen LogP contribution in [0, 0.1) is 0 Å². The Hall–Kier alpha value is -0.650. The molecule has 0 aliphatic carbocycles. The maximum atomic E-state index is 11.2. The average molecular weight is 243 g/mol. The minimum atomic E-state index is -0.200. The van der Waals surface area contributed by atoms with Crippen LogP contribution < -0.4 is 0 Å². The third kappa shape index (κ3) is 3.94. The van der Waals surface area contributed by atoms with Gasteiger partial charge in [0.05, 0.1) is 32.3 Å². The number of hydrogen-bond acceptors (Lipinski definition) is 5. The van der Waals surface area contributed by atoms with Gasteiger partial charge in [0.15, 0.2) is 0 Å². The van der Waals surface area contributed by atoms with Crippen LogP contribution >= 0.6 is 0 Å². The summed E-state index contributed by atoms with van der Waals surface area (Å²) in [4.78, 5) is 13.5. The molecule has 0 bridgehead atoms. The van der Waals surface area contributed by atoms with Crippen molar-refractivity contribution in [2.45, 2.75) is 31.5 Å². The predicted molar refractivity (Wildman–Crippen MR) is 61.8 cm³/mol. The fourth-order valence-corrected chi connectivity index (χ4v) is 2.42. The minimum absolute atomic E-state index is 0.0300. The van der Waals surface area contributed by atoms with Crippen molar-refractivity contribution in [2.75, 3.05) is 40.0 Å². The van der Waals surface area contributed by atoms with Gasteiger partial charge in [-0.3, -0.25) is 9.69 Å². The Morgan fingerprint density at radius 1 is 1.35 bits per heavy atom. The molecule has 98 valence electrons. The number of morpholine rings is 1. The summed E-state index contributed by atoms with van der Waals surface area (Å²) < 4.78 is 15.8. The third-order valence-corrected chi connectivity index (χ3v) is 3.33. The van der Waals surface area contributed by atoms with Crippen molar-refractivity contribution in [1.29, 1.82) is 0 Å². The first-order valence-corrected chi connectivity index (χ1v) is 6.30. The van der Waals surface area contributed by atoms with Crippen LogP contribution in [0.3, 0.4) is 0 Å². The minimum Gasteiger partial charge on any atom is -0.469 e. The summed E-state index contributed by atoms with van der Waals surface area (Å²) >= 11 is 0. The Bertz CT molecular complexity index is 253. The molecule has 0 aromatic heterocycles. The Kier molecular flexibility index (Phi) is 4.76. The second-order valence-corrected chi connectivity index (χ2v) is 4.67. The molecule has 0 spiro atoms. The second kappa shape index (κ2) is 6.33. The van der Waals surface area contributed by atoms with Gasteiger partial charge in [0.25, 0.3) is 0 Å². The molecule has 2 fully saturated rings. The molecule has 0 aromatic carbocycles. The number of rotatable bonds is 4. The first-order valence-electron chi connectivity index (χ1n) is 6.30. The first-order chi connectivity index (χ1) is 8.28. The number of carbonyl (C=O) groups excluding carboxylic acids is 1. The third-order valence-electron chi connectivity index (χ3n) is 3.33. The summed E-state index contributed by atoms with van der Waals surface area (Å²) in [6.07, 6.45) is 3.00. The van der Waals surface area contributed by atoms with E-state index in [-0.39, 0.29) is 12.1 Å².